The van der Waals surface area contributed by atoms with E-state index in [2.05, 4.69) is 19.7 Å². The van der Waals surface area contributed by atoms with Gasteiger partial charge in [-0.25, -0.2) is 14.8 Å². The van der Waals surface area contributed by atoms with E-state index in [4.69, 9.17) is 0 Å². The second kappa shape index (κ2) is 4.48. The minimum absolute atomic E-state index is 0.106. The van der Waals surface area contributed by atoms with Crippen LogP contribution in [0, 0.1) is 0 Å². The molecule has 0 radical (unpaired) electrons. The number of fused-ring (bicyclic) bond motifs is 1. The van der Waals surface area contributed by atoms with Gasteiger partial charge in [-0.05, 0) is 6.07 Å². The van der Waals surface area contributed by atoms with Gasteiger partial charge < -0.3 is 19.9 Å². The lowest BCUT2D eigenvalue weighted by molar-refractivity contribution is -0.157. The molecule has 2 unspecified atom stereocenters. The van der Waals surface area contributed by atoms with Gasteiger partial charge in [0.15, 0.2) is 11.8 Å². The number of methoxy groups -OCH3 is 1. The van der Waals surface area contributed by atoms with E-state index in [9.17, 15) is 15.0 Å². The van der Waals surface area contributed by atoms with Gasteiger partial charge in [0.2, 0.25) is 0 Å². The summed E-state index contributed by atoms with van der Waals surface area (Å²) in [6.07, 6.45) is -0.201. The normalized spacial score (nSPS) is 14.5. The summed E-state index contributed by atoms with van der Waals surface area (Å²) in [5.74, 6) is -0.923. The predicted octanol–water partition coefficient (Wildman–Crippen LogP) is -0.475. The number of aliphatic hydroxyl groups excluding tert-OH is 2. The van der Waals surface area contributed by atoms with Gasteiger partial charge in [-0.15, -0.1) is 0 Å². The highest BCUT2D eigenvalue weighted by Crippen LogP contribution is 2.17. The molecule has 0 aliphatic carbocycles. The van der Waals surface area contributed by atoms with Crippen molar-refractivity contribution in [3.63, 3.8) is 0 Å². The molecule has 3 N–H and O–H groups in total. The molecule has 0 bridgehead atoms. The van der Waals surface area contributed by atoms with Gasteiger partial charge in [-0.2, -0.15) is 0 Å². The molecule has 0 aliphatic heterocycles. The highest BCUT2D eigenvalue weighted by molar-refractivity contribution is 5.75. The van der Waals surface area contributed by atoms with Crippen LogP contribution in [0.4, 0.5) is 0 Å². The van der Waals surface area contributed by atoms with Crippen LogP contribution in [0.25, 0.3) is 11.2 Å². The quantitative estimate of drug-likeness (QED) is 0.622. The second-order valence-electron chi connectivity index (χ2n) is 3.42. The lowest BCUT2D eigenvalue weighted by Crippen LogP contribution is -2.29. The molecule has 2 rings (SSSR count). The zero-order chi connectivity index (χ0) is 12.4. The smallest absolute Gasteiger partial charge is 0.337 e. The minimum Gasteiger partial charge on any atom is -0.467 e. The Balaban J connectivity index is 2.29. The van der Waals surface area contributed by atoms with E-state index in [1.165, 1.54) is 6.20 Å². The number of carbonyl (C=O) groups excluding carboxylic acids is 1. The van der Waals surface area contributed by atoms with Crippen molar-refractivity contribution in [3.05, 3.63) is 24.2 Å². The average Bonchev–Trinajstić information content (AvgIpc) is 2.83. The zero-order valence-electron chi connectivity index (χ0n) is 8.99. The number of aromatic nitrogens is 3. The van der Waals surface area contributed by atoms with E-state index in [1.54, 1.807) is 12.3 Å². The van der Waals surface area contributed by atoms with Crippen LogP contribution >= 0.6 is 0 Å². The summed E-state index contributed by atoms with van der Waals surface area (Å²) in [6.45, 7) is 0. The van der Waals surface area contributed by atoms with Gasteiger partial charge in [-0.1, -0.05) is 0 Å². The molecule has 7 nitrogen and oxygen atoms in total. The van der Waals surface area contributed by atoms with Gasteiger partial charge in [0.1, 0.15) is 11.6 Å². The largest absolute Gasteiger partial charge is 0.467 e. The number of aromatic amines is 1. The summed E-state index contributed by atoms with van der Waals surface area (Å²) < 4.78 is 4.32. The van der Waals surface area contributed by atoms with Crippen LogP contribution < -0.4 is 0 Å². The number of rotatable bonds is 3. The fourth-order valence-corrected chi connectivity index (χ4v) is 1.40. The zero-order valence-corrected chi connectivity index (χ0v) is 8.99. The fraction of sp³-hybridized carbons (Fsp3) is 0.300. The summed E-state index contributed by atoms with van der Waals surface area (Å²) in [7, 11) is 1.12. The van der Waals surface area contributed by atoms with E-state index in [0.717, 1.165) is 7.11 Å². The molecule has 0 saturated carbocycles. The van der Waals surface area contributed by atoms with Crippen molar-refractivity contribution in [1.82, 2.24) is 15.0 Å². The third-order valence-electron chi connectivity index (χ3n) is 2.32. The summed E-state index contributed by atoms with van der Waals surface area (Å²) in [5, 5.41) is 19.2. The van der Waals surface area contributed by atoms with Crippen molar-refractivity contribution in [2.75, 3.05) is 7.11 Å². The summed E-state index contributed by atoms with van der Waals surface area (Å²) in [5.41, 5.74) is 1.21. The predicted molar refractivity (Wildman–Crippen MR) is 56.9 cm³/mol. The van der Waals surface area contributed by atoms with Crippen molar-refractivity contribution in [3.8, 4) is 0 Å². The Bertz CT molecular complexity index is 539. The maximum Gasteiger partial charge on any atom is 0.337 e. The van der Waals surface area contributed by atoms with Crippen LogP contribution in [0.3, 0.4) is 0 Å². The molecule has 90 valence electrons. The molecule has 0 aromatic carbocycles. The number of aliphatic hydroxyl groups is 2. The number of nitrogens with zero attached hydrogens (tertiary/aromatic N) is 2. The maximum absolute atomic E-state index is 11.1. The topological polar surface area (TPSA) is 108 Å². The van der Waals surface area contributed by atoms with Crippen LogP contribution in [0.5, 0.6) is 0 Å². The lowest BCUT2D eigenvalue weighted by atomic mass is 10.1. The molecule has 2 heterocycles. The minimum atomic E-state index is -1.68. The number of esters is 1. The molecule has 0 amide bonds. The van der Waals surface area contributed by atoms with Gasteiger partial charge in [0, 0.05) is 6.20 Å². The number of ether oxygens (including phenoxy) is 1. The van der Waals surface area contributed by atoms with Gasteiger partial charge in [0.25, 0.3) is 0 Å². The van der Waals surface area contributed by atoms with Crippen LogP contribution in [0.2, 0.25) is 0 Å². The number of hydrogen-bond donors (Lipinski definition) is 3. The van der Waals surface area contributed by atoms with Crippen LogP contribution in [0.15, 0.2) is 18.5 Å². The Morgan fingerprint density at radius 2 is 2.29 bits per heavy atom. The first-order valence-electron chi connectivity index (χ1n) is 4.87. The summed E-state index contributed by atoms with van der Waals surface area (Å²) in [6, 6.07) is 1.67. The molecule has 0 spiro atoms. The van der Waals surface area contributed by atoms with E-state index in [-0.39, 0.29) is 5.69 Å². The van der Waals surface area contributed by atoms with Crippen molar-refractivity contribution >= 4 is 17.1 Å². The monoisotopic (exact) mass is 237 g/mol. The lowest BCUT2D eigenvalue weighted by Gasteiger charge is -2.14. The molecule has 7 heteroatoms. The Labute approximate surface area is 96.1 Å². The first-order valence-corrected chi connectivity index (χ1v) is 4.87. The molecule has 2 aromatic heterocycles. The van der Waals surface area contributed by atoms with Crippen molar-refractivity contribution in [2.45, 2.75) is 12.2 Å². The SMILES string of the molecule is COC(=O)C(O)C(O)c1cnc2[nH]ccc2n1. The third kappa shape index (κ3) is 2.10. The molecule has 2 atom stereocenters. The van der Waals surface area contributed by atoms with Crippen molar-refractivity contribution in [2.24, 2.45) is 0 Å². The van der Waals surface area contributed by atoms with Gasteiger partial charge in [0.05, 0.1) is 19.0 Å². The fourth-order valence-electron chi connectivity index (χ4n) is 1.40. The second-order valence-corrected chi connectivity index (χ2v) is 3.42. The number of H-pyrrole nitrogens is 1. The number of nitrogens with one attached hydrogen (secondary N) is 1. The van der Waals surface area contributed by atoms with Crippen molar-refractivity contribution in [1.29, 1.82) is 0 Å². The standard InChI is InChI=1S/C10H11N3O4/c1-17-10(16)8(15)7(14)6-4-12-9-5(13-6)2-3-11-9/h2-4,7-8,14-15H,1H3,(H,11,12). The average molecular weight is 237 g/mol. The van der Waals surface area contributed by atoms with Crippen LogP contribution in [-0.4, -0.2) is 44.3 Å². The Morgan fingerprint density at radius 1 is 1.53 bits per heavy atom. The van der Waals surface area contributed by atoms with Crippen LogP contribution in [-0.2, 0) is 9.53 Å². The Morgan fingerprint density at radius 3 is 3.00 bits per heavy atom. The third-order valence-corrected chi connectivity index (χ3v) is 2.32. The highest BCUT2D eigenvalue weighted by atomic mass is 16.5. The van der Waals surface area contributed by atoms with Gasteiger partial charge in [-0.3, -0.25) is 0 Å². The highest BCUT2D eigenvalue weighted by Gasteiger charge is 2.27. The Kier molecular flexibility index (Phi) is 3.03. The van der Waals surface area contributed by atoms with E-state index in [0.29, 0.717) is 11.2 Å². The molecule has 0 aliphatic rings. The van der Waals surface area contributed by atoms with E-state index >= 15 is 0 Å². The van der Waals surface area contributed by atoms with Crippen LogP contribution in [0.1, 0.15) is 11.8 Å². The van der Waals surface area contributed by atoms with Crippen molar-refractivity contribution < 1.29 is 19.7 Å². The molecular formula is C10H11N3O4. The number of carbonyl (C=O) groups is 1. The van der Waals surface area contributed by atoms with E-state index < -0.39 is 18.2 Å². The summed E-state index contributed by atoms with van der Waals surface area (Å²) >= 11 is 0. The molecular weight excluding hydrogens is 226 g/mol. The Hall–Kier alpha value is -1.99. The van der Waals surface area contributed by atoms with E-state index in [1.807, 2.05) is 0 Å². The molecule has 17 heavy (non-hydrogen) atoms. The van der Waals surface area contributed by atoms with Gasteiger partial charge >= 0.3 is 5.97 Å². The molecule has 0 saturated heterocycles. The molecule has 0 fully saturated rings. The number of hydrogen-bond acceptors (Lipinski definition) is 6. The molecule has 2 aromatic rings. The maximum atomic E-state index is 11.1. The summed E-state index contributed by atoms with van der Waals surface area (Å²) in [4.78, 5) is 21.9. The first-order chi connectivity index (χ1) is 8.13. The first kappa shape index (κ1) is 11.5.